The molecule has 1 aliphatic rings. The zero-order valence-electron chi connectivity index (χ0n) is 20.5. The lowest BCUT2D eigenvalue weighted by Gasteiger charge is -2.27. The van der Waals surface area contributed by atoms with E-state index in [9.17, 15) is 9.59 Å². The van der Waals surface area contributed by atoms with Gasteiger partial charge in [-0.1, -0.05) is 11.6 Å². The van der Waals surface area contributed by atoms with Crippen molar-refractivity contribution >= 4 is 70.7 Å². The summed E-state index contributed by atoms with van der Waals surface area (Å²) in [5, 5.41) is 9.97. The van der Waals surface area contributed by atoms with Gasteiger partial charge in [0.25, 0.3) is 5.91 Å². The summed E-state index contributed by atoms with van der Waals surface area (Å²) in [6.45, 7) is 0.801. The van der Waals surface area contributed by atoms with Crippen LogP contribution in [0.2, 0.25) is 5.02 Å². The Morgan fingerprint density at radius 2 is 1.84 bits per heavy atom. The van der Waals surface area contributed by atoms with Crippen LogP contribution in [0.15, 0.2) is 40.9 Å². The van der Waals surface area contributed by atoms with Crippen molar-refractivity contribution in [2.75, 3.05) is 38.0 Å². The lowest BCUT2D eigenvalue weighted by molar-refractivity contribution is -0.120. The summed E-state index contributed by atoms with van der Waals surface area (Å²) in [5.41, 5.74) is 0.761. The molecule has 202 valence electrons. The number of nitrogens with zero attached hydrogens (tertiary/aromatic N) is 1. The van der Waals surface area contributed by atoms with Crippen LogP contribution in [0.3, 0.4) is 0 Å². The van der Waals surface area contributed by atoms with E-state index in [4.69, 9.17) is 25.5 Å². The predicted octanol–water partition coefficient (Wildman–Crippen LogP) is 5.32. The zero-order chi connectivity index (χ0) is 24.8. The average molecular weight is 574 g/mol. The molecule has 12 heteroatoms. The molecular weight excluding hydrogens is 543 g/mol. The molecule has 2 aromatic heterocycles. The minimum atomic E-state index is -0.535. The number of carbonyl (C=O) groups is 2. The topological polar surface area (TPSA) is 115 Å². The van der Waals surface area contributed by atoms with Crippen molar-refractivity contribution in [3.05, 3.63) is 47.3 Å². The zero-order valence-corrected chi connectivity index (χ0v) is 22.9. The van der Waals surface area contributed by atoms with Gasteiger partial charge >= 0.3 is 0 Å². The van der Waals surface area contributed by atoms with Crippen molar-refractivity contribution in [2.45, 2.75) is 31.7 Å². The number of hydrogen-bond acceptors (Lipinski definition) is 7. The highest BCUT2D eigenvalue weighted by Gasteiger charge is 2.29. The average Bonchev–Trinajstić information content (AvgIpc) is 3.23. The van der Waals surface area contributed by atoms with E-state index in [0.717, 1.165) is 25.7 Å². The van der Waals surface area contributed by atoms with E-state index in [1.165, 1.54) is 6.20 Å². The molecule has 37 heavy (non-hydrogen) atoms. The van der Waals surface area contributed by atoms with Crippen LogP contribution in [0.25, 0.3) is 11.0 Å². The number of rotatable bonds is 9. The molecule has 2 amide bonds. The molecule has 0 bridgehead atoms. The minimum Gasteiger partial charge on any atom is -0.491 e. The molecule has 1 fully saturated rings. The molecular formula is C25H31Cl3N4O5. The van der Waals surface area contributed by atoms with Gasteiger partial charge in [-0.15, -0.1) is 24.8 Å². The van der Waals surface area contributed by atoms with Crippen molar-refractivity contribution < 1.29 is 23.5 Å². The largest absolute Gasteiger partial charge is 0.491 e. The van der Waals surface area contributed by atoms with E-state index >= 15 is 0 Å². The number of hydrogen-bond donors (Lipinski definition) is 3. The van der Waals surface area contributed by atoms with Gasteiger partial charge in [0.1, 0.15) is 29.4 Å². The molecule has 9 nitrogen and oxygen atoms in total. The highest BCUT2D eigenvalue weighted by molar-refractivity contribution is 6.30. The minimum absolute atomic E-state index is 0. The molecule has 0 spiro atoms. The quantitative estimate of drug-likeness (QED) is 0.297. The van der Waals surface area contributed by atoms with Gasteiger partial charge in [0.15, 0.2) is 0 Å². The highest BCUT2D eigenvalue weighted by atomic mass is 35.5. The Morgan fingerprint density at radius 1 is 1.08 bits per heavy atom. The van der Waals surface area contributed by atoms with Gasteiger partial charge in [-0.25, -0.2) is 4.98 Å². The molecule has 0 saturated heterocycles. The normalized spacial score (nSPS) is 16.8. The number of pyridine rings is 1. The summed E-state index contributed by atoms with van der Waals surface area (Å²) in [6.07, 6.45) is 4.83. The monoisotopic (exact) mass is 572 g/mol. The van der Waals surface area contributed by atoms with Gasteiger partial charge in [0.2, 0.25) is 11.7 Å². The van der Waals surface area contributed by atoms with Gasteiger partial charge in [-0.05, 0) is 63.1 Å². The van der Waals surface area contributed by atoms with Crippen LogP contribution in [0.1, 0.15) is 36.2 Å². The number of nitrogens with one attached hydrogen (secondary N) is 3. The summed E-state index contributed by atoms with van der Waals surface area (Å²) < 4.78 is 16.6. The molecule has 1 aliphatic carbocycles. The number of ether oxygens (including phenoxy) is 2. The fourth-order valence-corrected chi connectivity index (χ4v) is 4.30. The van der Waals surface area contributed by atoms with Gasteiger partial charge in [-0.3, -0.25) is 9.59 Å². The Balaban J connectivity index is 0.00000241. The van der Waals surface area contributed by atoms with Crippen LogP contribution in [0.4, 0.5) is 11.5 Å². The standard InChI is InChI=1S/C25H29ClN4O5.2ClH/c1-27-17-6-3-15(4-7-17)24(31)30-22-19-13-18(34-12-11-33-2)8-9-20(19)35-23(22)25(32)29-21-10-5-16(26)14-28-21;;/h5,8-10,13-15,17,27H,3-4,6-7,11-12H2,1-2H3,(H,30,31)(H,28,29,32);2*1H. The number of methoxy groups -OCH3 is 1. The highest BCUT2D eigenvalue weighted by Crippen LogP contribution is 2.35. The fraction of sp³-hybridized carbons (Fsp3) is 0.400. The first-order valence-electron chi connectivity index (χ1n) is 11.6. The number of benzene rings is 1. The Kier molecular flexibility index (Phi) is 11.9. The molecule has 2 heterocycles. The van der Waals surface area contributed by atoms with Crippen molar-refractivity contribution in [1.29, 1.82) is 0 Å². The van der Waals surface area contributed by atoms with Crippen LogP contribution in [-0.2, 0) is 9.53 Å². The summed E-state index contributed by atoms with van der Waals surface area (Å²) in [6, 6.07) is 8.84. The van der Waals surface area contributed by atoms with Crippen LogP contribution >= 0.6 is 36.4 Å². The van der Waals surface area contributed by atoms with Gasteiger partial charge in [0, 0.05) is 30.7 Å². The van der Waals surface area contributed by atoms with Gasteiger partial charge in [-0.2, -0.15) is 0 Å². The maximum Gasteiger partial charge on any atom is 0.294 e. The molecule has 3 N–H and O–H groups in total. The van der Waals surface area contributed by atoms with Crippen LogP contribution in [0, 0.1) is 5.92 Å². The molecule has 0 atom stereocenters. The second-order valence-corrected chi connectivity index (χ2v) is 8.88. The summed E-state index contributed by atoms with van der Waals surface area (Å²) in [7, 11) is 3.54. The predicted molar refractivity (Wildman–Crippen MR) is 149 cm³/mol. The molecule has 3 aromatic rings. The number of carbonyl (C=O) groups excluding carboxylic acids is 2. The van der Waals surface area contributed by atoms with Crippen molar-refractivity contribution in [3.8, 4) is 5.75 Å². The number of anilines is 2. The van der Waals surface area contributed by atoms with Crippen LogP contribution < -0.4 is 20.7 Å². The van der Waals surface area contributed by atoms with Gasteiger partial charge < -0.3 is 29.8 Å². The fourth-order valence-electron chi connectivity index (χ4n) is 4.19. The summed E-state index contributed by atoms with van der Waals surface area (Å²) in [5.74, 6) is 0.0686. The van der Waals surface area contributed by atoms with E-state index in [1.807, 2.05) is 7.05 Å². The van der Waals surface area contributed by atoms with Crippen LogP contribution in [0.5, 0.6) is 5.75 Å². The summed E-state index contributed by atoms with van der Waals surface area (Å²) >= 11 is 5.89. The number of amides is 2. The number of fused-ring (bicyclic) bond motifs is 1. The van der Waals surface area contributed by atoms with E-state index in [-0.39, 0.29) is 42.4 Å². The molecule has 0 radical (unpaired) electrons. The maximum atomic E-state index is 13.2. The first kappa shape index (κ1) is 30.7. The summed E-state index contributed by atoms with van der Waals surface area (Å²) in [4.78, 5) is 30.4. The molecule has 4 rings (SSSR count). The lowest BCUT2D eigenvalue weighted by atomic mass is 9.85. The molecule has 0 aliphatic heterocycles. The number of halogens is 3. The van der Waals surface area contributed by atoms with E-state index in [1.54, 1.807) is 37.4 Å². The number of aromatic nitrogens is 1. The first-order chi connectivity index (χ1) is 17.0. The van der Waals surface area contributed by atoms with Crippen LogP contribution in [-0.4, -0.2) is 50.2 Å². The second kappa shape index (κ2) is 14.4. The van der Waals surface area contributed by atoms with Crippen molar-refractivity contribution in [2.24, 2.45) is 5.92 Å². The molecule has 0 unspecified atom stereocenters. The Bertz CT molecular complexity index is 1180. The third-order valence-electron chi connectivity index (χ3n) is 6.15. The van der Waals surface area contributed by atoms with E-state index in [2.05, 4.69) is 20.9 Å². The van der Waals surface area contributed by atoms with E-state index in [0.29, 0.717) is 52.5 Å². The van der Waals surface area contributed by atoms with Crippen molar-refractivity contribution in [1.82, 2.24) is 10.3 Å². The van der Waals surface area contributed by atoms with E-state index < -0.39 is 5.91 Å². The molecule has 1 aromatic carbocycles. The Labute approximate surface area is 232 Å². The maximum absolute atomic E-state index is 13.2. The molecule has 1 saturated carbocycles. The smallest absolute Gasteiger partial charge is 0.294 e. The number of furan rings is 1. The SMILES string of the molecule is CNC1CCC(C(=O)Nc2c(C(=O)Nc3ccc(Cl)cn3)oc3ccc(OCCOC)cc23)CC1.Cl.Cl. The lowest BCUT2D eigenvalue weighted by Crippen LogP contribution is -2.34. The Hall–Kier alpha value is -2.56. The van der Waals surface area contributed by atoms with Gasteiger partial charge in [0.05, 0.1) is 11.6 Å². The Morgan fingerprint density at radius 3 is 2.49 bits per heavy atom. The van der Waals surface area contributed by atoms with Crippen molar-refractivity contribution in [3.63, 3.8) is 0 Å². The third-order valence-corrected chi connectivity index (χ3v) is 6.37. The third kappa shape index (κ3) is 7.72. The first-order valence-corrected chi connectivity index (χ1v) is 12.0. The second-order valence-electron chi connectivity index (χ2n) is 8.45.